The number of hydrogen-bond donors (Lipinski definition) is 1. The van der Waals surface area contributed by atoms with Crippen molar-refractivity contribution in [2.75, 3.05) is 32.8 Å². The lowest BCUT2D eigenvalue weighted by atomic mass is 9.88. The second-order valence-corrected chi connectivity index (χ2v) is 6.01. The molecule has 1 aliphatic rings. The average molecular weight is 270 g/mol. The highest BCUT2D eigenvalue weighted by Crippen LogP contribution is 2.22. The summed E-state index contributed by atoms with van der Waals surface area (Å²) >= 11 is 0. The normalized spacial score (nSPS) is 23.7. The number of ether oxygens (including phenoxy) is 1. The van der Waals surface area contributed by atoms with Crippen LogP contribution in [0.25, 0.3) is 0 Å². The van der Waals surface area contributed by atoms with E-state index in [1.165, 1.54) is 38.8 Å². The Bertz CT molecular complexity index is 229. The Hall–Kier alpha value is -0.120. The van der Waals surface area contributed by atoms with Gasteiger partial charge in [0.15, 0.2) is 0 Å². The van der Waals surface area contributed by atoms with Gasteiger partial charge in [0.1, 0.15) is 0 Å². The minimum absolute atomic E-state index is 0.343. The molecule has 3 heteroatoms. The molecule has 1 unspecified atom stereocenters. The average Bonchev–Trinajstić information content (AvgIpc) is 2.45. The molecule has 0 radical (unpaired) electrons. The van der Waals surface area contributed by atoms with Gasteiger partial charge >= 0.3 is 0 Å². The van der Waals surface area contributed by atoms with Crippen molar-refractivity contribution in [2.24, 2.45) is 0 Å². The van der Waals surface area contributed by atoms with E-state index >= 15 is 0 Å². The van der Waals surface area contributed by atoms with Crippen LogP contribution in [0.2, 0.25) is 0 Å². The predicted molar refractivity (Wildman–Crippen MR) is 82.7 cm³/mol. The van der Waals surface area contributed by atoms with Crippen molar-refractivity contribution in [1.29, 1.82) is 0 Å². The summed E-state index contributed by atoms with van der Waals surface area (Å²) < 4.78 is 5.66. The van der Waals surface area contributed by atoms with E-state index in [1.54, 1.807) is 0 Å². The first kappa shape index (κ1) is 16.9. The minimum atomic E-state index is 0.343. The van der Waals surface area contributed by atoms with Gasteiger partial charge in [-0.05, 0) is 32.6 Å². The zero-order chi connectivity index (χ0) is 14.1. The van der Waals surface area contributed by atoms with E-state index in [1.807, 2.05) is 0 Å². The van der Waals surface area contributed by atoms with Gasteiger partial charge in [-0.3, -0.25) is 4.90 Å². The molecule has 1 fully saturated rings. The second kappa shape index (κ2) is 8.93. The van der Waals surface area contributed by atoms with E-state index in [0.717, 1.165) is 26.2 Å². The van der Waals surface area contributed by atoms with Gasteiger partial charge in [-0.15, -0.1) is 0 Å². The summed E-state index contributed by atoms with van der Waals surface area (Å²) in [6.45, 7) is 14.5. The summed E-state index contributed by atoms with van der Waals surface area (Å²) in [5.74, 6) is 0. The number of nitrogens with one attached hydrogen (secondary N) is 1. The Labute approximate surface area is 120 Å². The van der Waals surface area contributed by atoms with Crippen molar-refractivity contribution < 1.29 is 4.74 Å². The molecule has 0 saturated carbocycles. The van der Waals surface area contributed by atoms with Crippen LogP contribution in [0.15, 0.2) is 0 Å². The monoisotopic (exact) mass is 270 g/mol. The summed E-state index contributed by atoms with van der Waals surface area (Å²) in [4.78, 5) is 2.65. The molecule has 0 aliphatic carbocycles. The van der Waals surface area contributed by atoms with Crippen molar-refractivity contribution in [3.05, 3.63) is 0 Å². The molecule has 1 atom stereocenters. The smallest absolute Gasteiger partial charge is 0.0478 e. The van der Waals surface area contributed by atoms with E-state index < -0.39 is 0 Å². The fourth-order valence-corrected chi connectivity index (χ4v) is 2.84. The predicted octanol–water partition coefficient (Wildman–Crippen LogP) is 3.05. The van der Waals surface area contributed by atoms with Crippen LogP contribution in [0.5, 0.6) is 0 Å². The maximum absolute atomic E-state index is 5.66. The van der Waals surface area contributed by atoms with Crippen LogP contribution in [0, 0.1) is 0 Å². The van der Waals surface area contributed by atoms with Gasteiger partial charge in [0.25, 0.3) is 0 Å². The molecule has 1 N–H and O–H groups in total. The third kappa shape index (κ3) is 5.41. The molecule has 1 rings (SSSR count). The van der Waals surface area contributed by atoms with Crippen molar-refractivity contribution >= 4 is 0 Å². The largest absolute Gasteiger partial charge is 0.381 e. The molecule has 1 saturated heterocycles. The van der Waals surface area contributed by atoms with Crippen LogP contribution in [-0.4, -0.2) is 49.3 Å². The molecular weight excluding hydrogens is 236 g/mol. The molecule has 1 heterocycles. The van der Waals surface area contributed by atoms with E-state index in [2.05, 4.69) is 37.9 Å². The Balaban J connectivity index is 2.26. The first-order chi connectivity index (χ1) is 9.17. The third-order valence-electron chi connectivity index (χ3n) is 4.63. The van der Waals surface area contributed by atoms with Gasteiger partial charge in [0.05, 0.1) is 0 Å². The number of hydrogen-bond acceptors (Lipinski definition) is 3. The summed E-state index contributed by atoms with van der Waals surface area (Å²) in [5.41, 5.74) is 0.343. The minimum Gasteiger partial charge on any atom is -0.381 e. The van der Waals surface area contributed by atoms with E-state index in [-0.39, 0.29) is 0 Å². The van der Waals surface area contributed by atoms with Crippen LogP contribution in [0.4, 0.5) is 0 Å². The molecule has 19 heavy (non-hydrogen) atoms. The van der Waals surface area contributed by atoms with Gasteiger partial charge in [-0.2, -0.15) is 0 Å². The van der Waals surface area contributed by atoms with E-state index in [9.17, 15) is 0 Å². The molecule has 0 aromatic carbocycles. The number of piperazine rings is 1. The van der Waals surface area contributed by atoms with E-state index in [0.29, 0.717) is 11.6 Å². The maximum atomic E-state index is 5.66. The van der Waals surface area contributed by atoms with Crippen LogP contribution in [0.1, 0.15) is 59.8 Å². The van der Waals surface area contributed by atoms with Gasteiger partial charge in [-0.25, -0.2) is 0 Å². The topological polar surface area (TPSA) is 24.5 Å². The lowest BCUT2D eigenvalue weighted by molar-refractivity contribution is 0.0639. The SMILES string of the molecule is CCCCOCCCN1CC(CC)(CC)NCC1C. The molecule has 3 nitrogen and oxygen atoms in total. The quantitative estimate of drug-likeness (QED) is 0.652. The Morgan fingerprint density at radius 3 is 2.47 bits per heavy atom. The summed E-state index contributed by atoms with van der Waals surface area (Å²) in [6.07, 6.45) is 6.03. The van der Waals surface area contributed by atoms with Gasteiger partial charge in [0, 0.05) is 44.4 Å². The fourth-order valence-electron chi connectivity index (χ4n) is 2.84. The van der Waals surface area contributed by atoms with Crippen LogP contribution < -0.4 is 5.32 Å². The highest BCUT2D eigenvalue weighted by Gasteiger charge is 2.34. The Kier molecular flexibility index (Phi) is 7.96. The number of unbranched alkanes of at least 4 members (excludes halogenated alkanes) is 1. The highest BCUT2D eigenvalue weighted by molar-refractivity contribution is 4.95. The molecule has 0 amide bonds. The summed E-state index contributed by atoms with van der Waals surface area (Å²) in [5, 5.41) is 3.76. The lowest BCUT2D eigenvalue weighted by Gasteiger charge is -2.46. The van der Waals surface area contributed by atoms with Crippen LogP contribution >= 0.6 is 0 Å². The standard InChI is InChI=1S/C16H34N2O/c1-5-8-11-19-12-9-10-18-14-16(6-2,7-3)17-13-15(18)4/h15,17H,5-14H2,1-4H3. The zero-order valence-electron chi connectivity index (χ0n) is 13.5. The van der Waals surface area contributed by atoms with Crippen molar-refractivity contribution in [2.45, 2.75) is 71.4 Å². The van der Waals surface area contributed by atoms with Crippen molar-refractivity contribution in [3.63, 3.8) is 0 Å². The van der Waals surface area contributed by atoms with Crippen LogP contribution in [-0.2, 0) is 4.74 Å². The first-order valence-electron chi connectivity index (χ1n) is 8.24. The highest BCUT2D eigenvalue weighted by atomic mass is 16.5. The van der Waals surface area contributed by atoms with Gasteiger partial charge < -0.3 is 10.1 Å². The number of rotatable bonds is 9. The van der Waals surface area contributed by atoms with E-state index in [4.69, 9.17) is 4.74 Å². The van der Waals surface area contributed by atoms with Crippen molar-refractivity contribution in [1.82, 2.24) is 10.2 Å². The molecular formula is C16H34N2O. The second-order valence-electron chi connectivity index (χ2n) is 6.01. The molecule has 1 aliphatic heterocycles. The Morgan fingerprint density at radius 2 is 1.84 bits per heavy atom. The summed E-state index contributed by atoms with van der Waals surface area (Å²) in [7, 11) is 0. The fraction of sp³-hybridized carbons (Fsp3) is 1.00. The molecule has 0 aromatic heterocycles. The van der Waals surface area contributed by atoms with Crippen molar-refractivity contribution in [3.8, 4) is 0 Å². The third-order valence-corrected chi connectivity index (χ3v) is 4.63. The summed E-state index contributed by atoms with van der Waals surface area (Å²) in [6, 6.07) is 0.655. The van der Waals surface area contributed by atoms with Gasteiger partial charge in [0.2, 0.25) is 0 Å². The number of nitrogens with zero attached hydrogens (tertiary/aromatic N) is 1. The molecule has 0 aromatic rings. The maximum Gasteiger partial charge on any atom is 0.0478 e. The molecule has 0 spiro atoms. The zero-order valence-corrected chi connectivity index (χ0v) is 13.5. The first-order valence-corrected chi connectivity index (χ1v) is 8.24. The lowest BCUT2D eigenvalue weighted by Crippen LogP contribution is -2.63. The molecule has 0 bridgehead atoms. The molecule has 114 valence electrons. The van der Waals surface area contributed by atoms with Crippen LogP contribution in [0.3, 0.4) is 0 Å². The Morgan fingerprint density at radius 1 is 1.16 bits per heavy atom. The van der Waals surface area contributed by atoms with Gasteiger partial charge in [-0.1, -0.05) is 27.2 Å².